The highest BCUT2D eigenvalue weighted by Crippen LogP contribution is 2.30. The monoisotopic (exact) mass is 335 g/mol. The number of carbonyl (C=O) groups is 1. The first kappa shape index (κ1) is 15.0. The lowest BCUT2D eigenvalue weighted by Crippen LogP contribution is -2.44. The van der Waals surface area contributed by atoms with Crippen LogP contribution in [0, 0.1) is 11.3 Å². The SMILES string of the molecule is N#Cc1ccc(NC(=O)CC2(N)CCCCC2)c(Br)c1. The van der Waals surface area contributed by atoms with E-state index in [2.05, 4.69) is 27.3 Å². The maximum Gasteiger partial charge on any atom is 0.226 e. The Morgan fingerprint density at radius 3 is 2.70 bits per heavy atom. The van der Waals surface area contributed by atoms with Crippen LogP contribution in [0.5, 0.6) is 0 Å². The van der Waals surface area contributed by atoms with Crippen molar-refractivity contribution in [3.8, 4) is 6.07 Å². The van der Waals surface area contributed by atoms with Gasteiger partial charge in [0.15, 0.2) is 0 Å². The fourth-order valence-electron chi connectivity index (χ4n) is 2.63. The molecule has 1 aliphatic carbocycles. The van der Waals surface area contributed by atoms with E-state index in [4.69, 9.17) is 11.0 Å². The zero-order valence-electron chi connectivity index (χ0n) is 11.3. The molecule has 0 radical (unpaired) electrons. The first-order valence-electron chi connectivity index (χ1n) is 6.81. The number of rotatable bonds is 3. The van der Waals surface area contributed by atoms with Crippen LogP contribution in [-0.2, 0) is 4.79 Å². The molecule has 1 fully saturated rings. The molecule has 1 aliphatic rings. The number of nitrogens with zero attached hydrogens (tertiary/aromatic N) is 1. The van der Waals surface area contributed by atoms with Crippen LogP contribution in [0.2, 0.25) is 0 Å². The first-order chi connectivity index (χ1) is 9.52. The highest BCUT2D eigenvalue weighted by atomic mass is 79.9. The molecular weight excluding hydrogens is 318 g/mol. The van der Waals surface area contributed by atoms with Gasteiger partial charge < -0.3 is 11.1 Å². The van der Waals surface area contributed by atoms with Gasteiger partial charge in [-0.2, -0.15) is 5.26 Å². The number of amides is 1. The normalized spacial score (nSPS) is 17.2. The van der Waals surface area contributed by atoms with E-state index in [0.717, 1.165) is 25.7 Å². The van der Waals surface area contributed by atoms with Crippen LogP contribution >= 0.6 is 15.9 Å². The summed E-state index contributed by atoms with van der Waals surface area (Å²) in [6.45, 7) is 0. The van der Waals surface area contributed by atoms with E-state index < -0.39 is 0 Å². The molecule has 0 saturated heterocycles. The lowest BCUT2D eigenvalue weighted by atomic mass is 9.80. The molecule has 1 saturated carbocycles. The molecule has 0 aromatic heterocycles. The van der Waals surface area contributed by atoms with E-state index in [1.807, 2.05) is 0 Å². The lowest BCUT2D eigenvalue weighted by molar-refractivity contribution is -0.117. The van der Waals surface area contributed by atoms with E-state index in [-0.39, 0.29) is 11.4 Å². The summed E-state index contributed by atoms with van der Waals surface area (Å²) >= 11 is 3.36. The van der Waals surface area contributed by atoms with Crippen molar-refractivity contribution in [3.63, 3.8) is 0 Å². The van der Waals surface area contributed by atoms with Crippen molar-refractivity contribution in [2.45, 2.75) is 44.1 Å². The zero-order chi connectivity index (χ0) is 14.6. The number of nitrogens with one attached hydrogen (secondary N) is 1. The first-order valence-corrected chi connectivity index (χ1v) is 7.60. The largest absolute Gasteiger partial charge is 0.325 e. The Bertz CT molecular complexity index is 545. The van der Waals surface area contributed by atoms with Crippen molar-refractivity contribution in [2.24, 2.45) is 5.73 Å². The lowest BCUT2D eigenvalue weighted by Gasteiger charge is -2.32. The molecular formula is C15H18BrN3O. The second-order valence-electron chi connectivity index (χ2n) is 5.45. The van der Waals surface area contributed by atoms with Crippen molar-refractivity contribution >= 4 is 27.5 Å². The minimum atomic E-state index is -0.360. The molecule has 0 heterocycles. The Morgan fingerprint density at radius 2 is 2.10 bits per heavy atom. The van der Waals surface area contributed by atoms with Crippen LogP contribution in [0.4, 0.5) is 5.69 Å². The number of anilines is 1. The van der Waals surface area contributed by atoms with Crippen LogP contribution in [0.15, 0.2) is 22.7 Å². The Labute approximate surface area is 127 Å². The molecule has 106 valence electrons. The van der Waals surface area contributed by atoms with Crippen LogP contribution in [0.25, 0.3) is 0 Å². The van der Waals surface area contributed by atoms with Gasteiger partial charge in [0.05, 0.1) is 17.3 Å². The fraction of sp³-hybridized carbons (Fsp3) is 0.467. The van der Waals surface area contributed by atoms with E-state index in [1.165, 1.54) is 6.42 Å². The van der Waals surface area contributed by atoms with Crippen molar-refractivity contribution in [1.82, 2.24) is 0 Å². The van der Waals surface area contributed by atoms with Crippen molar-refractivity contribution in [3.05, 3.63) is 28.2 Å². The smallest absolute Gasteiger partial charge is 0.226 e. The van der Waals surface area contributed by atoms with Gasteiger partial charge in [-0.25, -0.2) is 0 Å². The van der Waals surface area contributed by atoms with E-state index in [9.17, 15) is 4.79 Å². The van der Waals surface area contributed by atoms with Crippen molar-refractivity contribution in [1.29, 1.82) is 5.26 Å². The summed E-state index contributed by atoms with van der Waals surface area (Å²) in [5.41, 5.74) is 7.15. The summed E-state index contributed by atoms with van der Waals surface area (Å²) in [6.07, 6.45) is 5.58. The molecule has 0 bridgehead atoms. The molecule has 3 N–H and O–H groups in total. The summed E-state index contributed by atoms with van der Waals surface area (Å²) in [6, 6.07) is 7.15. The maximum absolute atomic E-state index is 12.1. The minimum Gasteiger partial charge on any atom is -0.325 e. The standard InChI is InChI=1S/C15H18BrN3O/c16-12-8-11(10-17)4-5-13(12)19-14(20)9-15(18)6-2-1-3-7-15/h4-5,8H,1-3,6-7,9,18H2,(H,19,20). The van der Waals surface area contributed by atoms with Crippen LogP contribution in [0.1, 0.15) is 44.1 Å². The van der Waals surface area contributed by atoms with Gasteiger partial charge in [-0.15, -0.1) is 0 Å². The summed E-state index contributed by atoms with van der Waals surface area (Å²) in [5.74, 6) is -0.0696. The molecule has 1 aromatic rings. The number of carbonyl (C=O) groups excluding carboxylic acids is 1. The molecule has 0 unspecified atom stereocenters. The number of nitriles is 1. The highest BCUT2D eigenvalue weighted by molar-refractivity contribution is 9.10. The van der Waals surface area contributed by atoms with Gasteiger partial charge in [0.1, 0.15) is 0 Å². The third kappa shape index (κ3) is 3.81. The number of halogens is 1. The minimum absolute atomic E-state index is 0.0696. The molecule has 4 nitrogen and oxygen atoms in total. The van der Waals surface area contributed by atoms with E-state index >= 15 is 0 Å². The molecule has 0 aliphatic heterocycles. The second-order valence-corrected chi connectivity index (χ2v) is 6.31. The summed E-state index contributed by atoms with van der Waals surface area (Å²) in [7, 11) is 0. The fourth-order valence-corrected chi connectivity index (χ4v) is 3.11. The van der Waals surface area contributed by atoms with Gasteiger partial charge >= 0.3 is 0 Å². The van der Waals surface area contributed by atoms with Gasteiger partial charge in [-0.1, -0.05) is 19.3 Å². The third-order valence-electron chi connectivity index (χ3n) is 3.73. The zero-order valence-corrected chi connectivity index (χ0v) is 12.9. The summed E-state index contributed by atoms with van der Waals surface area (Å²) < 4.78 is 0.708. The van der Waals surface area contributed by atoms with Crippen molar-refractivity contribution in [2.75, 3.05) is 5.32 Å². The van der Waals surface area contributed by atoms with Crippen LogP contribution < -0.4 is 11.1 Å². The van der Waals surface area contributed by atoms with Gasteiger partial charge in [0, 0.05) is 16.4 Å². The summed E-state index contributed by atoms with van der Waals surface area (Å²) in [4.78, 5) is 12.1. The quantitative estimate of drug-likeness (QED) is 0.889. The molecule has 1 aromatic carbocycles. The Morgan fingerprint density at radius 1 is 1.40 bits per heavy atom. The van der Waals surface area contributed by atoms with Gasteiger partial charge in [-0.05, 0) is 47.0 Å². The average Bonchev–Trinajstić information content (AvgIpc) is 2.41. The van der Waals surface area contributed by atoms with Crippen LogP contribution in [0.3, 0.4) is 0 Å². The molecule has 20 heavy (non-hydrogen) atoms. The maximum atomic E-state index is 12.1. The third-order valence-corrected chi connectivity index (χ3v) is 4.39. The summed E-state index contributed by atoms with van der Waals surface area (Å²) in [5, 5.41) is 11.7. The Hall–Kier alpha value is -1.38. The second kappa shape index (κ2) is 6.38. The van der Waals surface area contributed by atoms with E-state index in [0.29, 0.717) is 22.1 Å². The Balaban J connectivity index is 1.99. The Kier molecular flexibility index (Phi) is 4.79. The van der Waals surface area contributed by atoms with Gasteiger partial charge in [0.2, 0.25) is 5.91 Å². The number of benzene rings is 1. The van der Waals surface area contributed by atoms with E-state index in [1.54, 1.807) is 18.2 Å². The van der Waals surface area contributed by atoms with Gasteiger partial charge in [0.25, 0.3) is 0 Å². The predicted molar refractivity (Wildman–Crippen MR) is 82.1 cm³/mol. The topological polar surface area (TPSA) is 78.9 Å². The molecule has 5 heteroatoms. The molecule has 2 rings (SSSR count). The highest BCUT2D eigenvalue weighted by Gasteiger charge is 2.30. The molecule has 1 amide bonds. The number of nitrogens with two attached hydrogens (primary N) is 1. The van der Waals surface area contributed by atoms with Crippen molar-refractivity contribution < 1.29 is 4.79 Å². The molecule has 0 atom stereocenters. The number of hydrogen-bond acceptors (Lipinski definition) is 3. The predicted octanol–water partition coefficient (Wildman–Crippen LogP) is 3.31. The van der Waals surface area contributed by atoms with Crippen LogP contribution in [-0.4, -0.2) is 11.4 Å². The average molecular weight is 336 g/mol. The number of hydrogen-bond donors (Lipinski definition) is 2. The molecule has 0 spiro atoms. The van der Waals surface area contributed by atoms with Gasteiger partial charge in [-0.3, -0.25) is 4.79 Å².